The Hall–Kier alpha value is -0.810. The molecule has 1 atom stereocenters. The van der Waals surface area contributed by atoms with Crippen LogP contribution >= 0.6 is 11.8 Å². The molecule has 0 aromatic carbocycles. The van der Waals surface area contributed by atoms with Crippen LogP contribution in [0.1, 0.15) is 12.5 Å². The highest BCUT2D eigenvalue weighted by atomic mass is 32.2. The van der Waals surface area contributed by atoms with E-state index in [1.807, 2.05) is 0 Å². The molecule has 0 aliphatic rings. The average molecular weight is 200 g/mol. The number of rotatable bonds is 3. The lowest BCUT2D eigenvalue weighted by Crippen LogP contribution is -2.12. The molecule has 13 heavy (non-hydrogen) atoms. The molecular weight excluding hydrogens is 188 g/mol. The molecular formula is C8H12N2O2S. The molecule has 4 nitrogen and oxygen atoms in total. The van der Waals surface area contributed by atoms with E-state index < -0.39 is 6.10 Å². The highest BCUT2D eigenvalue weighted by Gasteiger charge is 2.01. The van der Waals surface area contributed by atoms with E-state index in [2.05, 4.69) is 9.97 Å². The van der Waals surface area contributed by atoms with Gasteiger partial charge in [0.1, 0.15) is 0 Å². The first-order chi connectivity index (χ1) is 6.09. The van der Waals surface area contributed by atoms with Crippen LogP contribution in [0.4, 0.5) is 0 Å². The normalized spacial score (nSPS) is 12.8. The van der Waals surface area contributed by atoms with Crippen molar-refractivity contribution in [1.82, 2.24) is 9.97 Å². The summed E-state index contributed by atoms with van der Waals surface area (Å²) in [6.07, 6.45) is 1.14. The van der Waals surface area contributed by atoms with Crippen molar-refractivity contribution in [2.75, 3.05) is 5.75 Å². The highest BCUT2D eigenvalue weighted by molar-refractivity contribution is 7.99. The van der Waals surface area contributed by atoms with E-state index in [4.69, 9.17) is 5.11 Å². The molecule has 0 saturated heterocycles. The molecule has 1 rings (SSSR count). The van der Waals surface area contributed by atoms with Crippen molar-refractivity contribution in [2.45, 2.75) is 25.1 Å². The molecule has 5 heteroatoms. The second-order valence-corrected chi connectivity index (χ2v) is 3.87. The van der Waals surface area contributed by atoms with Crippen LogP contribution in [-0.2, 0) is 0 Å². The molecule has 0 amide bonds. The van der Waals surface area contributed by atoms with Gasteiger partial charge in [-0.3, -0.25) is 4.79 Å². The average Bonchev–Trinajstić information content (AvgIpc) is 2.07. The quantitative estimate of drug-likeness (QED) is 0.552. The summed E-state index contributed by atoms with van der Waals surface area (Å²) in [4.78, 5) is 17.7. The summed E-state index contributed by atoms with van der Waals surface area (Å²) < 4.78 is 0. The van der Waals surface area contributed by atoms with Crippen molar-refractivity contribution < 1.29 is 5.11 Å². The van der Waals surface area contributed by atoms with Gasteiger partial charge in [-0.05, 0) is 13.8 Å². The van der Waals surface area contributed by atoms with Crippen LogP contribution in [0.5, 0.6) is 0 Å². The Balaban J connectivity index is 2.69. The lowest BCUT2D eigenvalue weighted by atomic mass is 10.4. The minimum Gasteiger partial charge on any atom is -0.393 e. The van der Waals surface area contributed by atoms with Crippen LogP contribution in [0.2, 0.25) is 0 Å². The fourth-order valence-corrected chi connectivity index (χ4v) is 1.41. The zero-order valence-corrected chi connectivity index (χ0v) is 8.39. The number of hydrogen-bond acceptors (Lipinski definition) is 4. The number of nitrogens with one attached hydrogen (secondary N) is 1. The Kier molecular flexibility index (Phi) is 3.50. The molecule has 0 fully saturated rings. The van der Waals surface area contributed by atoms with Gasteiger partial charge in [0, 0.05) is 17.5 Å². The summed E-state index contributed by atoms with van der Waals surface area (Å²) in [5.41, 5.74) is 0.476. The van der Waals surface area contributed by atoms with Crippen molar-refractivity contribution in [3.8, 4) is 0 Å². The Bertz CT molecular complexity index is 335. The molecule has 72 valence electrons. The Morgan fingerprint density at radius 2 is 2.46 bits per heavy atom. The molecule has 0 radical (unpaired) electrons. The Morgan fingerprint density at radius 3 is 3.00 bits per heavy atom. The maximum atomic E-state index is 11.1. The fraction of sp³-hybridized carbons (Fsp3) is 0.500. The largest absolute Gasteiger partial charge is 0.393 e. The van der Waals surface area contributed by atoms with Crippen LogP contribution in [0.25, 0.3) is 0 Å². The second-order valence-electron chi connectivity index (χ2n) is 2.86. The molecule has 1 aromatic heterocycles. The zero-order valence-electron chi connectivity index (χ0n) is 7.57. The number of H-pyrrole nitrogens is 1. The number of aliphatic hydroxyl groups excluding tert-OH is 1. The van der Waals surface area contributed by atoms with Crippen LogP contribution in [0.3, 0.4) is 0 Å². The molecule has 1 heterocycles. The van der Waals surface area contributed by atoms with E-state index in [0.717, 1.165) is 0 Å². The number of aromatic nitrogens is 2. The monoisotopic (exact) mass is 200 g/mol. The second kappa shape index (κ2) is 4.43. The van der Waals surface area contributed by atoms with Crippen LogP contribution in [0, 0.1) is 6.92 Å². The van der Waals surface area contributed by atoms with Crippen molar-refractivity contribution in [3.05, 3.63) is 22.1 Å². The van der Waals surface area contributed by atoms with Crippen molar-refractivity contribution in [3.63, 3.8) is 0 Å². The van der Waals surface area contributed by atoms with Gasteiger partial charge < -0.3 is 10.1 Å². The maximum Gasteiger partial charge on any atom is 0.254 e. The summed E-state index contributed by atoms with van der Waals surface area (Å²) in [7, 11) is 0. The van der Waals surface area contributed by atoms with Gasteiger partial charge in [0.15, 0.2) is 5.16 Å². The molecule has 0 saturated carbocycles. The first-order valence-electron chi connectivity index (χ1n) is 3.96. The van der Waals surface area contributed by atoms with E-state index >= 15 is 0 Å². The standard InChI is InChI=1S/C8H12N2O2S/c1-5-3-9-8(10-7(5)12)13-4-6(2)11/h3,6,11H,4H2,1-2H3,(H,9,10,12)/t6-/m0/s1. The van der Waals surface area contributed by atoms with E-state index in [1.165, 1.54) is 18.0 Å². The predicted octanol–water partition coefficient (Wildman–Crippen LogP) is 0.551. The summed E-state index contributed by atoms with van der Waals surface area (Å²) >= 11 is 1.33. The SMILES string of the molecule is Cc1cnc(SC[C@H](C)O)[nH]c1=O. The van der Waals surface area contributed by atoms with E-state index in [9.17, 15) is 4.79 Å². The minimum atomic E-state index is -0.392. The van der Waals surface area contributed by atoms with Gasteiger partial charge in [-0.1, -0.05) is 11.8 Å². The minimum absolute atomic E-state index is 0.122. The summed E-state index contributed by atoms with van der Waals surface area (Å²) in [6, 6.07) is 0. The number of thioether (sulfide) groups is 1. The molecule has 1 aromatic rings. The Labute approximate surface area is 80.4 Å². The van der Waals surface area contributed by atoms with Crippen molar-refractivity contribution in [2.24, 2.45) is 0 Å². The van der Waals surface area contributed by atoms with Crippen LogP contribution < -0.4 is 5.56 Å². The van der Waals surface area contributed by atoms with E-state index in [-0.39, 0.29) is 5.56 Å². The number of aliphatic hydroxyl groups is 1. The number of nitrogens with zero attached hydrogens (tertiary/aromatic N) is 1. The zero-order chi connectivity index (χ0) is 9.84. The number of aryl methyl sites for hydroxylation is 1. The number of aromatic amines is 1. The topological polar surface area (TPSA) is 66.0 Å². The molecule has 0 aliphatic heterocycles. The third-order valence-corrected chi connectivity index (χ3v) is 2.55. The Morgan fingerprint density at radius 1 is 1.77 bits per heavy atom. The molecule has 0 spiro atoms. The van der Waals surface area contributed by atoms with E-state index in [0.29, 0.717) is 16.5 Å². The van der Waals surface area contributed by atoms with Crippen LogP contribution in [-0.4, -0.2) is 26.9 Å². The van der Waals surface area contributed by atoms with Gasteiger partial charge in [-0.2, -0.15) is 0 Å². The van der Waals surface area contributed by atoms with Gasteiger partial charge in [0.05, 0.1) is 6.10 Å². The molecule has 0 bridgehead atoms. The van der Waals surface area contributed by atoms with Gasteiger partial charge in [0.25, 0.3) is 5.56 Å². The first kappa shape index (κ1) is 10.3. The number of hydrogen-bond donors (Lipinski definition) is 2. The maximum absolute atomic E-state index is 11.1. The van der Waals surface area contributed by atoms with Crippen LogP contribution in [0.15, 0.2) is 16.1 Å². The molecule has 2 N–H and O–H groups in total. The highest BCUT2D eigenvalue weighted by Crippen LogP contribution is 2.11. The predicted molar refractivity (Wildman–Crippen MR) is 52.0 cm³/mol. The molecule has 0 unspecified atom stereocenters. The van der Waals surface area contributed by atoms with Gasteiger partial charge in [-0.15, -0.1) is 0 Å². The van der Waals surface area contributed by atoms with Crippen molar-refractivity contribution >= 4 is 11.8 Å². The first-order valence-corrected chi connectivity index (χ1v) is 4.95. The van der Waals surface area contributed by atoms with Gasteiger partial charge >= 0.3 is 0 Å². The van der Waals surface area contributed by atoms with E-state index in [1.54, 1.807) is 13.8 Å². The third-order valence-electron chi connectivity index (χ3n) is 1.42. The van der Waals surface area contributed by atoms with Crippen molar-refractivity contribution in [1.29, 1.82) is 0 Å². The summed E-state index contributed by atoms with van der Waals surface area (Å²) in [5, 5.41) is 9.55. The van der Waals surface area contributed by atoms with Gasteiger partial charge in [-0.25, -0.2) is 4.98 Å². The summed E-state index contributed by atoms with van der Waals surface area (Å²) in [6.45, 7) is 3.40. The summed E-state index contributed by atoms with van der Waals surface area (Å²) in [5.74, 6) is 0.534. The lowest BCUT2D eigenvalue weighted by molar-refractivity contribution is 0.220. The smallest absolute Gasteiger partial charge is 0.254 e. The lowest BCUT2D eigenvalue weighted by Gasteiger charge is -2.02. The fourth-order valence-electron chi connectivity index (χ4n) is 0.715. The third kappa shape index (κ3) is 3.20. The van der Waals surface area contributed by atoms with Gasteiger partial charge in [0.2, 0.25) is 0 Å². The molecule has 0 aliphatic carbocycles.